The molecule has 0 radical (unpaired) electrons. The molecule has 156 valence electrons. The molecular weight excluding hydrogens is 356 g/mol. The molecule has 0 amide bonds. The van der Waals surface area contributed by atoms with Crippen molar-refractivity contribution in [3.63, 3.8) is 0 Å². The normalized spacial score (nSPS) is 45.1. The van der Waals surface area contributed by atoms with Crippen molar-refractivity contribution in [1.82, 2.24) is 0 Å². The Hall–Kier alpha value is -0.870. The van der Waals surface area contributed by atoms with Gasteiger partial charge in [0, 0.05) is 0 Å². The minimum atomic E-state index is -1.57. The number of carbonyl (C=O) groups excluding carboxylic acids is 1. The topological polar surface area (TPSA) is 137 Å². The van der Waals surface area contributed by atoms with E-state index in [2.05, 4.69) is 0 Å². The first-order valence-electron chi connectivity index (χ1n) is 9.29. The number of aliphatic hydroxyl groups excluding tert-OH is 4. The highest BCUT2D eigenvalue weighted by molar-refractivity contribution is 5.87. The van der Waals surface area contributed by atoms with Crippen LogP contribution in [0.1, 0.15) is 47.0 Å². The fourth-order valence-corrected chi connectivity index (χ4v) is 4.17. The highest BCUT2D eigenvalue weighted by Crippen LogP contribution is 2.52. The van der Waals surface area contributed by atoms with Crippen LogP contribution in [-0.4, -0.2) is 79.8 Å². The van der Waals surface area contributed by atoms with E-state index >= 15 is 0 Å². The van der Waals surface area contributed by atoms with Crippen LogP contribution in [0.4, 0.5) is 0 Å². The molecule has 8 heteroatoms. The van der Waals surface area contributed by atoms with Gasteiger partial charge in [-0.2, -0.15) is 0 Å². The molecule has 1 saturated heterocycles. The Morgan fingerprint density at radius 1 is 1.15 bits per heavy atom. The van der Waals surface area contributed by atoms with E-state index in [0.717, 1.165) is 6.42 Å². The van der Waals surface area contributed by atoms with Gasteiger partial charge in [-0.15, -0.1) is 0 Å². The van der Waals surface area contributed by atoms with Gasteiger partial charge in [0.05, 0.1) is 6.61 Å². The molecule has 2 rings (SSSR count). The summed E-state index contributed by atoms with van der Waals surface area (Å²) >= 11 is 0. The van der Waals surface area contributed by atoms with Crippen LogP contribution in [0.25, 0.3) is 0 Å². The maximum Gasteiger partial charge on any atom is 0.187 e. The molecule has 27 heavy (non-hydrogen) atoms. The SMILES string of the molecule is CC(=O)/C=C/[C@@]1(O)C(C)(C)CCC[C@@]1(C)O[C@@H]1O[C@H](CO)[C@H](O)[C@H](O)[C@H]1O. The molecule has 0 aromatic carbocycles. The molecule has 1 aliphatic carbocycles. The lowest BCUT2D eigenvalue weighted by Crippen LogP contribution is -2.67. The maximum atomic E-state index is 11.6. The van der Waals surface area contributed by atoms with Crippen molar-refractivity contribution >= 4 is 5.78 Å². The summed E-state index contributed by atoms with van der Waals surface area (Å²) in [5, 5.41) is 51.1. The van der Waals surface area contributed by atoms with Crippen molar-refractivity contribution in [3.8, 4) is 0 Å². The highest BCUT2D eigenvalue weighted by Gasteiger charge is 2.60. The lowest BCUT2D eigenvalue weighted by Gasteiger charge is -2.57. The quantitative estimate of drug-likeness (QED) is 0.403. The van der Waals surface area contributed by atoms with E-state index < -0.39 is 53.9 Å². The van der Waals surface area contributed by atoms with Crippen LogP contribution in [0.2, 0.25) is 0 Å². The Labute approximate surface area is 159 Å². The van der Waals surface area contributed by atoms with Gasteiger partial charge < -0.3 is 35.0 Å². The second-order valence-electron chi connectivity index (χ2n) is 8.49. The van der Waals surface area contributed by atoms with Crippen LogP contribution < -0.4 is 0 Å². The number of aliphatic hydroxyl groups is 5. The van der Waals surface area contributed by atoms with Crippen LogP contribution in [0.5, 0.6) is 0 Å². The van der Waals surface area contributed by atoms with Gasteiger partial charge in [-0.3, -0.25) is 4.79 Å². The minimum absolute atomic E-state index is 0.222. The molecule has 0 unspecified atom stereocenters. The summed E-state index contributed by atoms with van der Waals surface area (Å²) in [6.45, 7) is 6.21. The predicted molar refractivity (Wildman–Crippen MR) is 95.7 cm³/mol. The van der Waals surface area contributed by atoms with Gasteiger partial charge in [0.1, 0.15) is 35.6 Å². The summed E-state index contributed by atoms with van der Waals surface area (Å²) in [5.41, 5.74) is -3.43. The van der Waals surface area contributed by atoms with Gasteiger partial charge in [-0.05, 0) is 50.7 Å². The summed E-state index contributed by atoms with van der Waals surface area (Å²) in [5.74, 6) is -0.222. The van der Waals surface area contributed by atoms with Crippen molar-refractivity contribution in [2.24, 2.45) is 5.41 Å². The molecule has 0 aromatic rings. The van der Waals surface area contributed by atoms with E-state index in [4.69, 9.17) is 9.47 Å². The fourth-order valence-electron chi connectivity index (χ4n) is 4.17. The zero-order chi connectivity index (χ0) is 20.6. The van der Waals surface area contributed by atoms with E-state index in [0.29, 0.717) is 12.8 Å². The Balaban J connectivity index is 2.36. The standard InChI is InChI=1S/C19H32O8/c1-11(21)6-9-19(25)17(2,3)7-5-8-18(19,4)27-16-15(24)14(23)13(22)12(10-20)26-16/h6,9,12-16,20,22-25H,5,7-8,10H2,1-4H3/b9-6+/t12-,13+,14+,15-,16+,18-,19-/m1/s1. The van der Waals surface area contributed by atoms with Crippen molar-refractivity contribution in [2.75, 3.05) is 6.61 Å². The van der Waals surface area contributed by atoms with E-state index in [1.165, 1.54) is 19.1 Å². The van der Waals surface area contributed by atoms with Gasteiger partial charge in [-0.1, -0.05) is 13.8 Å². The number of ether oxygens (including phenoxy) is 2. The van der Waals surface area contributed by atoms with E-state index in [-0.39, 0.29) is 5.78 Å². The monoisotopic (exact) mass is 388 g/mol. The number of ketones is 1. The third-order valence-corrected chi connectivity index (χ3v) is 6.08. The summed E-state index contributed by atoms with van der Waals surface area (Å²) in [4.78, 5) is 11.5. The van der Waals surface area contributed by atoms with Crippen molar-refractivity contribution < 1.29 is 39.8 Å². The molecule has 1 saturated carbocycles. The van der Waals surface area contributed by atoms with Gasteiger partial charge in [0.25, 0.3) is 0 Å². The first-order valence-corrected chi connectivity index (χ1v) is 9.29. The van der Waals surface area contributed by atoms with E-state index in [1.54, 1.807) is 6.92 Å². The molecule has 5 N–H and O–H groups in total. The molecule has 1 aliphatic heterocycles. The second kappa shape index (κ2) is 7.87. The number of hydrogen-bond acceptors (Lipinski definition) is 8. The molecule has 0 aromatic heterocycles. The third kappa shape index (κ3) is 3.98. The average molecular weight is 388 g/mol. The lowest BCUT2D eigenvalue weighted by molar-refractivity contribution is -0.352. The number of rotatable bonds is 5. The molecule has 8 nitrogen and oxygen atoms in total. The number of allylic oxidation sites excluding steroid dienone is 1. The van der Waals surface area contributed by atoms with Crippen LogP contribution in [-0.2, 0) is 14.3 Å². The molecule has 2 fully saturated rings. The first-order chi connectivity index (χ1) is 12.4. The number of carbonyl (C=O) groups is 1. The zero-order valence-electron chi connectivity index (χ0n) is 16.3. The van der Waals surface area contributed by atoms with Crippen molar-refractivity contribution in [3.05, 3.63) is 12.2 Å². The Morgan fingerprint density at radius 2 is 1.78 bits per heavy atom. The van der Waals surface area contributed by atoms with Crippen LogP contribution in [0, 0.1) is 5.41 Å². The Kier molecular flexibility index (Phi) is 6.53. The second-order valence-corrected chi connectivity index (χ2v) is 8.49. The predicted octanol–water partition coefficient (Wildman–Crippen LogP) is -0.352. The van der Waals surface area contributed by atoms with Crippen LogP contribution in [0.15, 0.2) is 12.2 Å². The molecule has 0 spiro atoms. The molecule has 0 bridgehead atoms. The first kappa shape index (κ1) is 22.4. The van der Waals surface area contributed by atoms with Gasteiger partial charge in [-0.25, -0.2) is 0 Å². The maximum absolute atomic E-state index is 11.6. The molecular formula is C19H32O8. The largest absolute Gasteiger partial charge is 0.394 e. The molecule has 7 atom stereocenters. The van der Waals surface area contributed by atoms with Crippen molar-refractivity contribution in [1.29, 1.82) is 0 Å². The Bertz CT molecular complexity index is 574. The smallest absolute Gasteiger partial charge is 0.187 e. The van der Waals surface area contributed by atoms with E-state index in [1.807, 2.05) is 13.8 Å². The highest BCUT2D eigenvalue weighted by atomic mass is 16.7. The summed E-state index contributed by atoms with van der Waals surface area (Å²) in [7, 11) is 0. The summed E-state index contributed by atoms with van der Waals surface area (Å²) in [6, 6.07) is 0. The minimum Gasteiger partial charge on any atom is -0.394 e. The molecule has 1 heterocycles. The van der Waals surface area contributed by atoms with Crippen LogP contribution >= 0.6 is 0 Å². The number of hydrogen-bond donors (Lipinski definition) is 5. The average Bonchev–Trinajstić information content (AvgIpc) is 2.58. The third-order valence-electron chi connectivity index (χ3n) is 6.08. The fraction of sp³-hybridized carbons (Fsp3) is 0.842. The lowest BCUT2D eigenvalue weighted by atomic mass is 9.58. The van der Waals surface area contributed by atoms with Gasteiger partial charge in [0.15, 0.2) is 12.1 Å². The summed E-state index contributed by atoms with van der Waals surface area (Å²) in [6.07, 6.45) is -2.52. The summed E-state index contributed by atoms with van der Waals surface area (Å²) < 4.78 is 11.5. The van der Waals surface area contributed by atoms with E-state index in [9.17, 15) is 30.3 Å². The zero-order valence-corrected chi connectivity index (χ0v) is 16.3. The molecule has 2 aliphatic rings. The van der Waals surface area contributed by atoms with Gasteiger partial charge >= 0.3 is 0 Å². The Morgan fingerprint density at radius 3 is 2.33 bits per heavy atom. The van der Waals surface area contributed by atoms with Crippen LogP contribution in [0.3, 0.4) is 0 Å². The van der Waals surface area contributed by atoms with Gasteiger partial charge in [0.2, 0.25) is 0 Å². The van der Waals surface area contributed by atoms with Crippen molar-refractivity contribution in [2.45, 2.75) is 88.9 Å².